The number of hydrogen-bond acceptors (Lipinski definition) is 5. The molecule has 0 spiro atoms. The van der Waals surface area contributed by atoms with E-state index >= 15 is 0 Å². The lowest BCUT2D eigenvalue weighted by Gasteiger charge is -2.37. The second-order valence-corrected chi connectivity index (χ2v) is 6.00. The highest BCUT2D eigenvalue weighted by atomic mass is 16.4. The van der Waals surface area contributed by atoms with Gasteiger partial charge in [-0.2, -0.15) is 4.68 Å². The van der Waals surface area contributed by atoms with Crippen molar-refractivity contribution in [3.63, 3.8) is 0 Å². The minimum Gasteiger partial charge on any atom is -0.388 e. The summed E-state index contributed by atoms with van der Waals surface area (Å²) in [5, 5.41) is 4.08. The lowest BCUT2D eigenvalue weighted by molar-refractivity contribution is 0.234. The summed E-state index contributed by atoms with van der Waals surface area (Å²) in [6.07, 6.45) is 3.07. The van der Waals surface area contributed by atoms with Crippen molar-refractivity contribution in [3.8, 4) is 11.5 Å². The molecule has 4 rings (SSSR count). The van der Waals surface area contributed by atoms with Gasteiger partial charge in [0.15, 0.2) is 0 Å². The summed E-state index contributed by atoms with van der Waals surface area (Å²) in [7, 11) is 3.53. The Labute approximate surface area is 126 Å². The van der Waals surface area contributed by atoms with Gasteiger partial charge in [0.2, 0.25) is 5.89 Å². The SMILES string of the molecule is Cn1nc(-c2ccc3nc(C4(N)CCC4)n(C)c3c2)oc1=O. The van der Waals surface area contributed by atoms with E-state index in [2.05, 4.69) is 10.1 Å². The topological polar surface area (TPSA) is 91.9 Å². The molecule has 0 atom stereocenters. The van der Waals surface area contributed by atoms with E-state index in [1.807, 2.05) is 29.8 Å². The van der Waals surface area contributed by atoms with Gasteiger partial charge in [0.05, 0.1) is 16.6 Å². The molecule has 2 aromatic heterocycles. The summed E-state index contributed by atoms with van der Waals surface area (Å²) in [4.78, 5) is 16.1. The first-order valence-corrected chi connectivity index (χ1v) is 7.28. The maximum atomic E-state index is 11.4. The minimum absolute atomic E-state index is 0.309. The van der Waals surface area contributed by atoms with Crippen LogP contribution >= 0.6 is 0 Å². The molecule has 1 aromatic carbocycles. The average molecular weight is 299 g/mol. The number of benzene rings is 1. The monoisotopic (exact) mass is 299 g/mol. The van der Waals surface area contributed by atoms with Crippen molar-refractivity contribution in [2.75, 3.05) is 0 Å². The van der Waals surface area contributed by atoms with Crippen LogP contribution in [0.1, 0.15) is 25.1 Å². The normalized spacial score (nSPS) is 16.9. The number of rotatable bonds is 2. The molecule has 2 heterocycles. The number of aryl methyl sites for hydroxylation is 2. The van der Waals surface area contributed by atoms with Crippen molar-refractivity contribution in [2.24, 2.45) is 19.8 Å². The summed E-state index contributed by atoms with van der Waals surface area (Å²) >= 11 is 0. The maximum Gasteiger partial charge on any atom is 0.437 e. The number of nitrogens with zero attached hydrogens (tertiary/aromatic N) is 4. The highest BCUT2D eigenvalue weighted by Gasteiger charge is 2.38. The second-order valence-electron chi connectivity index (χ2n) is 6.00. The zero-order valence-electron chi connectivity index (χ0n) is 12.5. The number of imidazole rings is 1. The van der Waals surface area contributed by atoms with Crippen LogP contribution in [0.5, 0.6) is 0 Å². The van der Waals surface area contributed by atoms with Crippen LogP contribution in [0.2, 0.25) is 0 Å². The Bertz CT molecular complexity index is 929. The largest absolute Gasteiger partial charge is 0.437 e. The standard InChI is InChI=1S/C15H17N5O2/c1-19-11-8-9(12-18-20(2)14(21)22-12)4-5-10(11)17-13(19)15(16)6-3-7-15/h4-5,8H,3,6-7,16H2,1-2H3. The van der Waals surface area contributed by atoms with Crippen LogP contribution < -0.4 is 11.5 Å². The molecule has 1 aliphatic rings. The van der Waals surface area contributed by atoms with E-state index in [1.165, 1.54) is 4.68 Å². The van der Waals surface area contributed by atoms with E-state index in [9.17, 15) is 4.79 Å². The van der Waals surface area contributed by atoms with Gasteiger partial charge in [-0.25, -0.2) is 9.78 Å². The fraction of sp³-hybridized carbons (Fsp3) is 0.400. The number of fused-ring (bicyclic) bond motifs is 1. The Morgan fingerprint density at radius 3 is 2.68 bits per heavy atom. The Morgan fingerprint density at radius 1 is 1.32 bits per heavy atom. The first kappa shape index (κ1) is 13.3. The van der Waals surface area contributed by atoms with Crippen molar-refractivity contribution in [2.45, 2.75) is 24.8 Å². The molecule has 7 heteroatoms. The van der Waals surface area contributed by atoms with Gasteiger partial charge in [-0.05, 0) is 37.5 Å². The molecule has 0 aliphatic heterocycles. The molecule has 3 aromatic rings. The molecule has 1 aliphatic carbocycles. The van der Waals surface area contributed by atoms with Crippen LogP contribution in [-0.4, -0.2) is 19.3 Å². The van der Waals surface area contributed by atoms with Gasteiger partial charge in [-0.3, -0.25) is 0 Å². The van der Waals surface area contributed by atoms with Gasteiger partial charge in [0, 0.05) is 19.7 Å². The first-order chi connectivity index (χ1) is 10.5. The van der Waals surface area contributed by atoms with E-state index in [0.717, 1.165) is 41.7 Å². The van der Waals surface area contributed by atoms with E-state index < -0.39 is 5.76 Å². The van der Waals surface area contributed by atoms with Crippen molar-refractivity contribution in [3.05, 3.63) is 34.6 Å². The summed E-state index contributed by atoms with van der Waals surface area (Å²) in [5.74, 6) is 0.743. The molecule has 7 nitrogen and oxygen atoms in total. The molecule has 0 unspecified atom stereocenters. The predicted octanol–water partition coefficient (Wildman–Crippen LogP) is 1.26. The third-order valence-electron chi connectivity index (χ3n) is 4.51. The summed E-state index contributed by atoms with van der Waals surface area (Å²) in [6.45, 7) is 0. The van der Waals surface area contributed by atoms with Gasteiger partial charge >= 0.3 is 5.76 Å². The van der Waals surface area contributed by atoms with E-state index in [1.54, 1.807) is 7.05 Å². The molecule has 114 valence electrons. The smallest absolute Gasteiger partial charge is 0.388 e. The summed E-state index contributed by atoms with van der Waals surface area (Å²) < 4.78 is 8.34. The molecule has 1 saturated carbocycles. The van der Waals surface area contributed by atoms with Crippen molar-refractivity contribution in [1.82, 2.24) is 19.3 Å². The first-order valence-electron chi connectivity index (χ1n) is 7.28. The van der Waals surface area contributed by atoms with Gasteiger partial charge in [0.25, 0.3) is 0 Å². The molecule has 2 N–H and O–H groups in total. The van der Waals surface area contributed by atoms with Crippen LogP contribution in [-0.2, 0) is 19.6 Å². The lowest BCUT2D eigenvalue weighted by Crippen LogP contribution is -2.45. The maximum absolute atomic E-state index is 11.4. The van der Waals surface area contributed by atoms with E-state index in [-0.39, 0.29) is 5.54 Å². The molecule has 0 amide bonds. The van der Waals surface area contributed by atoms with E-state index in [0.29, 0.717) is 5.89 Å². The van der Waals surface area contributed by atoms with Gasteiger partial charge in [0.1, 0.15) is 5.82 Å². The van der Waals surface area contributed by atoms with Crippen molar-refractivity contribution >= 4 is 11.0 Å². The third-order valence-corrected chi connectivity index (χ3v) is 4.51. The lowest BCUT2D eigenvalue weighted by atomic mass is 9.77. The molecule has 0 saturated heterocycles. The van der Waals surface area contributed by atoms with Gasteiger partial charge < -0.3 is 14.7 Å². The quantitative estimate of drug-likeness (QED) is 0.769. The Kier molecular flexibility index (Phi) is 2.59. The number of hydrogen-bond donors (Lipinski definition) is 1. The second kappa shape index (κ2) is 4.30. The molecule has 0 bridgehead atoms. The summed E-state index contributed by atoms with van der Waals surface area (Å²) in [5.41, 5.74) is 8.68. The van der Waals surface area contributed by atoms with Crippen LogP contribution in [0, 0.1) is 0 Å². The Balaban J connectivity index is 1.87. The number of aromatic nitrogens is 4. The fourth-order valence-electron chi connectivity index (χ4n) is 3.01. The van der Waals surface area contributed by atoms with Crippen molar-refractivity contribution < 1.29 is 4.42 Å². The van der Waals surface area contributed by atoms with Crippen LogP contribution in [0.25, 0.3) is 22.5 Å². The minimum atomic E-state index is -0.476. The molecule has 1 fully saturated rings. The Morgan fingerprint density at radius 2 is 2.09 bits per heavy atom. The van der Waals surface area contributed by atoms with Gasteiger partial charge in [-0.15, -0.1) is 5.10 Å². The summed E-state index contributed by atoms with van der Waals surface area (Å²) in [6, 6.07) is 5.69. The Hall–Kier alpha value is -2.41. The van der Waals surface area contributed by atoms with Gasteiger partial charge in [-0.1, -0.05) is 0 Å². The third kappa shape index (κ3) is 1.75. The van der Waals surface area contributed by atoms with Crippen LogP contribution in [0.3, 0.4) is 0 Å². The molecular formula is C15H17N5O2. The molecule has 22 heavy (non-hydrogen) atoms. The highest BCUT2D eigenvalue weighted by molar-refractivity contribution is 5.81. The molecular weight excluding hydrogens is 282 g/mol. The van der Waals surface area contributed by atoms with Crippen LogP contribution in [0.15, 0.2) is 27.4 Å². The van der Waals surface area contributed by atoms with Crippen molar-refractivity contribution in [1.29, 1.82) is 0 Å². The van der Waals surface area contributed by atoms with Crippen LogP contribution in [0.4, 0.5) is 0 Å². The fourth-order valence-corrected chi connectivity index (χ4v) is 3.01. The van der Waals surface area contributed by atoms with E-state index in [4.69, 9.17) is 10.2 Å². The highest BCUT2D eigenvalue weighted by Crippen LogP contribution is 2.39. The zero-order valence-corrected chi connectivity index (χ0v) is 12.5. The number of nitrogens with two attached hydrogens (primary N) is 1. The zero-order chi connectivity index (χ0) is 15.5. The predicted molar refractivity (Wildman–Crippen MR) is 81.2 cm³/mol. The average Bonchev–Trinajstić information content (AvgIpc) is 2.98. The molecule has 0 radical (unpaired) electrons.